The molecule has 5 rings (SSSR count). The molecule has 2 heterocycles. The third-order valence-corrected chi connectivity index (χ3v) is 5.66. The molecule has 0 radical (unpaired) electrons. The number of benzene rings is 3. The molecule has 0 fully saturated rings. The third-order valence-electron chi connectivity index (χ3n) is 5.66. The van der Waals surface area contributed by atoms with Crippen LogP contribution in [-0.2, 0) is 0 Å². The SMILES string of the molecule is Cc1ccc(-c2cccn3c(-c4cccc(F)c4F)ncc23)cc1C(=O)Nc1ccc(F)cc1. The Bertz CT molecular complexity index is 1540. The molecule has 0 aliphatic carbocycles. The number of imidazole rings is 1. The van der Waals surface area contributed by atoms with Gasteiger partial charge in [-0.2, -0.15) is 0 Å². The number of amides is 1. The van der Waals surface area contributed by atoms with Gasteiger partial charge in [0.05, 0.1) is 17.3 Å². The number of carbonyl (C=O) groups is 1. The average molecular weight is 457 g/mol. The lowest BCUT2D eigenvalue weighted by Crippen LogP contribution is -2.13. The minimum absolute atomic E-state index is 0.0559. The summed E-state index contributed by atoms with van der Waals surface area (Å²) in [6, 6.07) is 18.6. The molecular weight excluding hydrogens is 439 g/mol. The Balaban J connectivity index is 1.55. The molecule has 0 spiro atoms. The van der Waals surface area contributed by atoms with Crippen LogP contribution in [0.1, 0.15) is 15.9 Å². The fourth-order valence-corrected chi connectivity index (χ4v) is 3.91. The van der Waals surface area contributed by atoms with Crippen molar-refractivity contribution in [1.82, 2.24) is 9.38 Å². The molecule has 0 atom stereocenters. The van der Waals surface area contributed by atoms with E-state index < -0.39 is 11.6 Å². The van der Waals surface area contributed by atoms with Gasteiger partial charge in [0.25, 0.3) is 5.91 Å². The van der Waals surface area contributed by atoms with Crippen molar-refractivity contribution in [3.8, 4) is 22.5 Å². The molecule has 0 saturated carbocycles. The molecule has 1 N–H and O–H groups in total. The van der Waals surface area contributed by atoms with E-state index in [1.807, 2.05) is 25.1 Å². The van der Waals surface area contributed by atoms with Gasteiger partial charge >= 0.3 is 0 Å². The first-order chi connectivity index (χ1) is 16.4. The van der Waals surface area contributed by atoms with E-state index >= 15 is 0 Å². The zero-order chi connectivity index (χ0) is 23.8. The fraction of sp³-hybridized carbons (Fsp3) is 0.0370. The van der Waals surface area contributed by atoms with Crippen LogP contribution in [0.4, 0.5) is 18.9 Å². The van der Waals surface area contributed by atoms with Crippen LogP contribution in [0, 0.1) is 24.4 Å². The number of carbonyl (C=O) groups excluding carboxylic acids is 1. The van der Waals surface area contributed by atoms with E-state index in [4.69, 9.17) is 0 Å². The maximum absolute atomic E-state index is 14.4. The molecule has 0 aliphatic rings. The minimum atomic E-state index is -0.963. The zero-order valence-electron chi connectivity index (χ0n) is 18.0. The summed E-state index contributed by atoms with van der Waals surface area (Å²) in [5.74, 6) is -2.34. The van der Waals surface area contributed by atoms with Crippen molar-refractivity contribution in [1.29, 1.82) is 0 Å². The summed E-state index contributed by atoms with van der Waals surface area (Å²) in [5, 5.41) is 2.78. The Hall–Kier alpha value is -4.39. The Labute approximate surface area is 193 Å². The smallest absolute Gasteiger partial charge is 0.255 e. The maximum atomic E-state index is 14.4. The van der Waals surface area contributed by atoms with Gasteiger partial charge in [-0.1, -0.05) is 24.3 Å². The van der Waals surface area contributed by atoms with Crippen LogP contribution in [0.15, 0.2) is 85.2 Å². The first-order valence-electron chi connectivity index (χ1n) is 10.5. The van der Waals surface area contributed by atoms with Crippen molar-refractivity contribution < 1.29 is 18.0 Å². The summed E-state index contributed by atoms with van der Waals surface area (Å²) in [7, 11) is 0. The van der Waals surface area contributed by atoms with Gasteiger partial charge in [-0.05, 0) is 66.6 Å². The second kappa shape index (κ2) is 8.51. The molecule has 0 unspecified atom stereocenters. The Morgan fingerprint density at radius 1 is 0.912 bits per heavy atom. The number of anilines is 1. The molecule has 0 saturated heterocycles. The number of hydrogen-bond donors (Lipinski definition) is 1. The quantitative estimate of drug-likeness (QED) is 0.329. The summed E-state index contributed by atoms with van der Waals surface area (Å²) in [5.41, 5.74) is 3.97. The summed E-state index contributed by atoms with van der Waals surface area (Å²) in [4.78, 5) is 17.3. The van der Waals surface area contributed by atoms with E-state index in [0.29, 0.717) is 16.8 Å². The number of nitrogens with one attached hydrogen (secondary N) is 1. The lowest BCUT2D eigenvalue weighted by atomic mass is 9.99. The van der Waals surface area contributed by atoms with Gasteiger partial charge < -0.3 is 5.32 Å². The van der Waals surface area contributed by atoms with Gasteiger partial charge in [0.15, 0.2) is 11.6 Å². The van der Waals surface area contributed by atoms with Crippen LogP contribution in [0.5, 0.6) is 0 Å². The number of halogens is 3. The van der Waals surface area contributed by atoms with Crippen LogP contribution < -0.4 is 5.32 Å². The van der Waals surface area contributed by atoms with Crippen molar-refractivity contribution >= 4 is 17.1 Å². The van der Waals surface area contributed by atoms with Crippen LogP contribution in [0.2, 0.25) is 0 Å². The van der Waals surface area contributed by atoms with Crippen molar-refractivity contribution in [2.24, 2.45) is 0 Å². The van der Waals surface area contributed by atoms with E-state index in [9.17, 15) is 18.0 Å². The molecule has 5 aromatic rings. The highest BCUT2D eigenvalue weighted by molar-refractivity contribution is 6.06. The Morgan fingerprint density at radius 2 is 1.68 bits per heavy atom. The Morgan fingerprint density at radius 3 is 2.47 bits per heavy atom. The Kier molecular flexibility index (Phi) is 5.37. The van der Waals surface area contributed by atoms with Gasteiger partial charge in [-0.25, -0.2) is 18.2 Å². The monoisotopic (exact) mass is 457 g/mol. The first kappa shape index (κ1) is 21.5. The van der Waals surface area contributed by atoms with Crippen LogP contribution in [-0.4, -0.2) is 15.3 Å². The van der Waals surface area contributed by atoms with Crippen LogP contribution >= 0.6 is 0 Å². The molecule has 0 aliphatic heterocycles. The van der Waals surface area contributed by atoms with E-state index in [1.165, 1.54) is 36.4 Å². The largest absolute Gasteiger partial charge is 0.322 e. The number of fused-ring (bicyclic) bond motifs is 1. The van der Waals surface area contributed by atoms with E-state index in [0.717, 1.165) is 22.8 Å². The number of pyridine rings is 1. The van der Waals surface area contributed by atoms with Crippen LogP contribution in [0.25, 0.3) is 28.0 Å². The van der Waals surface area contributed by atoms with E-state index in [-0.39, 0.29) is 23.1 Å². The number of aromatic nitrogens is 2. The number of hydrogen-bond acceptors (Lipinski definition) is 2. The average Bonchev–Trinajstić information content (AvgIpc) is 3.27. The van der Waals surface area contributed by atoms with Gasteiger partial charge in [-0.3, -0.25) is 9.20 Å². The molecule has 168 valence electrons. The highest BCUT2D eigenvalue weighted by Crippen LogP contribution is 2.31. The fourth-order valence-electron chi connectivity index (χ4n) is 3.91. The second-order valence-electron chi connectivity index (χ2n) is 7.85. The van der Waals surface area contributed by atoms with Crippen LogP contribution in [0.3, 0.4) is 0 Å². The van der Waals surface area contributed by atoms with Gasteiger partial charge in [0.1, 0.15) is 11.6 Å². The lowest BCUT2D eigenvalue weighted by Gasteiger charge is -2.12. The van der Waals surface area contributed by atoms with Crippen molar-refractivity contribution in [2.45, 2.75) is 6.92 Å². The molecular formula is C27H18F3N3O. The molecule has 7 heteroatoms. The molecule has 1 amide bonds. The number of aryl methyl sites for hydroxylation is 1. The summed E-state index contributed by atoms with van der Waals surface area (Å²) >= 11 is 0. The van der Waals surface area contributed by atoms with Gasteiger partial charge in [0.2, 0.25) is 0 Å². The molecule has 2 aromatic heterocycles. The molecule has 34 heavy (non-hydrogen) atoms. The second-order valence-corrected chi connectivity index (χ2v) is 7.85. The van der Waals surface area contributed by atoms with Gasteiger partial charge in [-0.15, -0.1) is 0 Å². The lowest BCUT2D eigenvalue weighted by molar-refractivity contribution is 0.102. The predicted octanol–water partition coefficient (Wildman–Crippen LogP) is 6.65. The standard InChI is InChI=1S/C27H18F3N3O/c1-16-7-8-17(14-22(16)27(34)32-19-11-9-18(28)10-12-19)20-5-3-13-33-24(20)15-31-26(33)21-4-2-6-23(29)25(21)30/h2-15H,1H3,(H,32,34). The third kappa shape index (κ3) is 3.81. The van der Waals surface area contributed by atoms with Gasteiger partial charge in [0, 0.05) is 23.0 Å². The molecule has 0 bridgehead atoms. The normalized spacial score (nSPS) is 11.1. The topological polar surface area (TPSA) is 46.4 Å². The van der Waals surface area contributed by atoms with E-state index in [2.05, 4.69) is 10.3 Å². The highest BCUT2D eigenvalue weighted by atomic mass is 19.2. The zero-order valence-corrected chi connectivity index (χ0v) is 18.0. The van der Waals surface area contributed by atoms with Crippen molar-refractivity contribution in [3.05, 3.63) is 114 Å². The number of rotatable bonds is 4. The number of nitrogens with zero attached hydrogens (tertiary/aromatic N) is 2. The molecule has 4 nitrogen and oxygen atoms in total. The highest BCUT2D eigenvalue weighted by Gasteiger charge is 2.17. The predicted molar refractivity (Wildman–Crippen MR) is 125 cm³/mol. The molecule has 3 aromatic carbocycles. The summed E-state index contributed by atoms with van der Waals surface area (Å²) < 4.78 is 43.0. The van der Waals surface area contributed by atoms with Crippen molar-refractivity contribution in [2.75, 3.05) is 5.32 Å². The van der Waals surface area contributed by atoms with E-state index in [1.54, 1.807) is 28.9 Å². The van der Waals surface area contributed by atoms with Crippen molar-refractivity contribution in [3.63, 3.8) is 0 Å². The summed E-state index contributed by atoms with van der Waals surface area (Å²) in [6.07, 6.45) is 3.31. The summed E-state index contributed by atoms with van der Waals surface area (Å²) in [6.45, 7) is 1.83. The first-order valence-corrected chi connectivity index (χ1v) is 10.5. The maximum Gasteiger partial charge on any atom is 0.255 e. The minimum Gasteiger partial charge on any atom is -0.322 e.